The minimum atomic E-state index is -0.286. The molecule has 1 N–H and O–H groups in total. The number of hydrogen-bond acceptors (Lipinski definition) is 2. The molecule has 2 atom stereocenters. The molecule has 0 aromatic heterocycles. The second kappa shape index (κ2) is 8.53. The van der Waals surface area contributed by atoms with Crippen molar-refractivity contribution < 1.29 is 9.59 Å². The average molecular weight is 427 g/mol. The van der Waals surface area contributed by atoms with Crippen molar-refractivity contribution in [3.8, 4) is 0 Å². The summed E-state index contributed by atoms with van der Waals surface area (Å²) in [6.07, 6.45) is 4.72. The Morgan fingerprint density at radius 2 is 1.85 bits per heavy atom. The van der Waals surface area contributed by atoms with Crippen LogP contribution >= 0.6 is 15.9 Å². The number of halogens is 1. The van der Waals surface area contributed by atoms with Crippen LogP contribution in [0.5, 0.6) is 0 Å². The fraction of sp³-hybridized carbons (Fsp3) is 0.273. The zero-order chi connectivity index (χ0) is 19.4. The third kappa shape index (κ3) is 4.48. The second-order valence-corrected chi connectivity index (χ2v) is 7.59. The van der Waals surface area contributed by atoms with Gasteiger partial charge in [-0.25, -0.2) is 0 Å². The maximum absolute atomic E-state index is 12.8. The summed E-state index contributed by atoms with van der Waals surface area (Å²) < 4.78 is 1.01. The predicted octanol–water partition coefficient (Wildman–Crippen LogP) is 4.98. The number of hydrogen-bond donors (Lipinski definition) is 1. The highest BCUT2D eigenvalue weighted by atomic mass is 79.9. The monoisotopic (exact) mass is 426 g/mol. The van der Waals surface area contributed by atoms with Crippen LogP contribution in [0, 0.1) is 0 Å². The molecule has 1 aliphatic rings. The lowest BCUT2D eigenvalue weighted by atomic mass is 9.93. The molecule has 1 aliphatic heterocycles. The fourth-order valence-corrected chi connectivity index (χ4v) is 3.72. The van der Waals surface area contributed by atoms with Crippen LogP contribution in [0.2, 0.25) is 0 Å². The Balaban J connectivity index is 1.77. The van der Waals surface area contributed by atoms with Gasteiger partial charge in [-0.05, 0) is 41.3 Å². The van der Waals surface area contributed by atoms with Gasteiger partial charge in [-0.3, -0.25) is 9.59 Å². The van der Waals surface area contributed by atoms with Gasteiger partial charge in [-0.2, -0.15) is 0 Å². The van der Waals surface area contributed by atoms with Gasteiger partial charge in [0.15, 0.2) is 0 Å². The Labute approximate surface area is 168 Å². The van der Waals surface area contributed by atoms with Crippen LogP contribution in [0.3, 0.4) is 0 Å². The van der Waals surface area contributed by atoms with E-state index in [9.17, 15) is 9.59 Å². The molecule has 2 aromatic carbocycles. The van der Waals surface area contributed by atoms with Gasteiger partial charge in [0.05, 0.1) is 18.5 Å². The Bertz CT molecular complexity index is 861. The van der Waals surface area contributed by atoms with Crippen molar-refractivity contribution >= 4 is 33.8 Å². The molecule has 0 unspecified atom stereocenters. The number of carbonyl (C=O) groups is 2. The van der Waals surface area contributed by atoms with E-state index >= 15 is 0 Å². The van der Waals surface area contributed by atoms with Gasteiger partial charge < -0.3 is 10.2 Å². The molecule has 27 heavy (non-hydrogen) atoms. The highest BCUT2D eigenvalue weighted by Crippen LogP contribution is 2.33. The Hall–Kier alpha value is -2.40. The van der Waals surface area contributed by atoms with Crippen molar-refractivity contribution in [1.29, 1.82) is 0 Å². The van der Waals surface area contributed by atoms with Crippen molar-refractivity contribution in [2.75, 3.05) is 0 Å². The van der Waals surface area contributed by atoms with Crippen molar-refractivity contribution in [3.63, 3.8) is 0 Å². The molecular formula is C22H23BrN2O2. The number of amides is 2. The van der Waals surface area contributed by atoms with Gasteiger partial charge in [-0.15, -0.1) is 0 Å². The predicted molar refractivity (Wildman–Crippen MR) is 111 cm³/mol. The Morgan fingerprint density at radius 1 is 1.15 bits per heavy atom. The summed E-state index contributed by atoms with van der Waals surface area (Å²) in [5, 5.41) is 3.12. The molecule has 1 heterocycles. The topological polar surface area (TPSA) is 49.4 Å². The van der Waals surface area contributed by atoms with Gasteiger partial charge in [0.2, 0.25) is 11.8 Å². The number of nitrogens with one attached hydrogen (secondary N) is 1. The number of fused-ring (bicyclic) bond motifs is 1. The van der Waals surface area contributed by atoms with Crippen molar-refractivity contribution in [2.45, 2.75) is 38.8 Å². The Kier molecular flexibility index (Phi) is 6.11. The molecule has 0 bridgehead atoms. The fourth-order valence-electron chi connectivity index (χ4n) is 3.46. The smallest absolute Gasteiger partial charge is 0.223 e. The molecule has 0 radical (unpaired) electrons. The molecule has 0 spiro atoms. The molecule has 0 saturated carbocycles. The first-order chi connectivity index (χ1) is 13.0. The Morgan fingerprint density at radius 3 is 2.52 bits per heavy atom. The van der Waals surface area contributed by atoms with Gasteiger partial charge in [0.1, 0.15) is 0 Å². The van der Waals surface area contributed by atoms with E-state index in [4.69, 9.17) is 0 Å². The van der Waals surface area contributed by atoms with Crippen LogP contribution in [0.1, 0.15) is 55.5 Å². The van der Waals surface area contributed by atoms with Crippen LogP contribution in [-0.4, -0.2) is 16.7 Å². The van der Waals surface area contributed by atoms with Crippen LogP contribution in [-0.2, 0) is 9.59 Å². The maximum atomic E-state index is 12.8. The molecule has 0 aliphatic carbocycles. The number of carbonyl (C=O) groups excluding carboxylic acids is 2. The molecule has 0 saturated heterocycles. The van der Waals surface area contributed by atoms with Crippen molar-refractivity contribution in [2.24, 2.45) is 0 Å². The first kappa shape index (κ1) is 19.4. The van der Waals surface area contributed by atoms with Gasteiger partial charge in [0.25, 0.3) is 0 Å². The van der Waals surface area contributed by atoms with Crippen molar-refractivity contribution in [3.05, 3.63) is 75.9 Å². The summed E-state index contributed by atoms with van der Waals surface area (Å²) in [4.78, 5) is 26.5. The van der Waals surface area contributed by atoms with Crippen LogP contribution in [0.25, 0.3) is 6.08 Å². The number of nitrogens with zero attached hydrogens (tertiary/aromatic N) is 1. The first-order valence-corrected chi connectivity index (χ1v) is 9.89. The summed E-state index contributed by atoms with van der Waals surface area (Å²) in [5.41, 5.74) is 3.12. The lowest BCUT2D eigenvalue weighted by molar-refractivity contribution is -0.130. The van der Waals surface area contributed by atoms with E-state index in [1.807, 2.05) is 61.5 Å². The second-order valence-electron chi connectivity index (χ2n) is 6.67. The van der Waals surface area contributed by atoms with Crippen LogP contribution in [0.4, 0.5) is 0 Å². The van der Waals surface area contributed by atoms with Gasteiger partial charge in [-0.1, -0.05) is 59.3 Å². The molecular weight excluding hydrogens is 404 g/mol. The third-order valence-corrected chi connectivity index (χ3v) is 5.39. The van der Waals surface area contributed by atoms with Gasteiger partial charge >= 0.3 is 0 Å². The standard InChI is InChI=1S/C22H23BrN2O2/c1-3-20(17-8-10-18(23)11-9-17)24-22(27)14-21-19-7-5-4-6-16(19)12-13-25(21)15(2)26/h4-13,20-21H,3,14H2,1-2H3,(H,24,27)/t20-,21+/m1/s1. The molecule has 0 fully saturated rings. The molecule has 5 heteroatoms. The largest absolute Gasteiger partial charge is 0.349 e. The minimum Gasteiger partial charge on any atom is -0.349 e. The lowest BCUT2D eigenvalue weighted by Crippen LogP contribution is -2.36. The first-order valence-electron chi connectivity index (χ1n) is 9.10. The molecule has 2 amide bonds. The third-order valence-electron chi connectivity index (χ3n) is 4.86. The lowest BCUT2D eigenvalue weighted by Gasteiger charge is -2.32. The van der Waals surface area contributed by atoms with Crippen LogP contribution in [0.15, 0.2) is 59.2 Å². The summed E-state index contributed by atoms with van der Waals surface area (Å²) in [7, 11) is 0. The zero-order valence-electron chi connectivity index (χ0n) is 15.5. The molecule has 140 valence electrons. The van der Waals surface area contributed by atoms with E-state index in [0.717, 1.165) is 27.6 Å². The molecule has 4 nitrogen and oxygen atoms in total. The summed E-state index contributed by atoms with van der Waals surface area (Å²) in [5.74, 6) is -0.135. The van der Waals surface area contributed by atoms with E-state index < -0.39 is 0 Å². The number of benzene rings is 2. The summed E-state index contributed by atoms with van der Waals surface area (Å²) >= 11 is 3.44. The number of rotatable bonds is 5. The van der Waals surface area contributed by atoms with E-state index in [0.29, 0.717) is 0 Å². The van der Waals surface area contributed by atoms with Gasteiger partial charge in [0, 0.05) is 17.6 Å². The van der Waals surface area contributed by atoms with E-state index in [1.165, 1.54) is 6.92 Å². The highest BCUT2D eigenvalue weighted by molar-refractivity contribution is 9.10. The maximum Gasteiger partial charge on any atom is 0.223 e. The quantitative estimate of drug-likeness (QED) is 0.732. The summed E-state index contributed by atoms with van der Waals surface area (Å²) in [6.45, 7) is 3.58. The van der Waals surface area contributed by atoms with Crippen molar-refractivity contribution in [1.82, 2.24) is 10.2 Å². The molecule has 3 rings (SSSR count). The average Bonchev–Trinajstić information content (AvgIpc) is 2.67. The molecule has 2 aromatic rings. The summed E-state index contributed by atoms with van der Waals surface area (Å²) in [6, 6.07) is 15.5. The van der Waals surface area contributed by atoms with Crippen LogP contribution < -0.4 is 5.32 Å². The van der Waals surface area contributed by atoms with E-state index in [2.05, 4.69) is 21.2 Å². The zero-order valence-corrected chi connectivity index (χ0v) is 17.1. The normalized spacial score (nSPS) is 16.6. The van der Waals surface area contributed by atoms with E-state index in [-0.39, 0.29) is 30.3 Å². The minimum absolute atomic E-state index is 0.0502. The highest BCUT2D eigenvalue weighted by Gasteiger charge is 2.28. The van der Waals surface area contributed by atoms with E-state index in [1.54, 1.807) is 11.1 Å². The SMILES string of the molecule is CC[C@@H](NC(=O)C[C@H]1c2ccccc2C=CN1C(C)=O)c1ccc(Br)cc1.